The summed E-state index contributed by atoms with van der Waals surface area (Å²) in [4.78, 5) is 27.7. The Bertz CT molecular complexity index is 789. The molecule has 1 unspecified atom stereocenters. The quantitative estimate of drug-likeness (QED) is 0.854. The topological polar surface area (TPSA) is 87.7 Å². The molecule has 0 saturated carbocycles. The van der Waals surface area contributed by atoms with Crippen molar-refractivity contribution in [3.8, 4) is 0 Å². The van der Waals surface area contributed by atoms with E-state index in [1.165, 1.54) is 0 Å². The van der Waals surface area contributed by atoms with Crippen molar-refractivity contribution in [1.29, 1.82) is 0 Å². The van der Waals surface area contributed by atoms with Gasteiger partial charge in [-0.15, -0.1) is 10.2 Å². The lowest BCUT2D eigenvalue weighted by atomic mass is 10.1. The predicted octanol–water partition coefficient (Wildman–Crippen LogP) is 2.56. The highest BCUT2D eigenvalue weighted by molar-refractivity contribution is 5.92. The van der Waals surface area contributed by atoms with Crippen LogP contribution in [0.15, 0.2) is 42.5 Å². The van der Waals surface area contributed by atoms with Crippen LogP contribution in [0, 0.1) is 0 Å². The zero-order chi connectivity index (χ0) is 19.9. The molecule has 1 aromatic carbocycles. The van der Waals surface area contributed by atoms with Crippen molar-refractivity contribution in [1.82, 2.24) is 20.0 Å². The number of hydrogen-bond acceptors (Lipinski definition) is 6. The number of ether oxygens (including phenoxy) is 1. The summed E-state index contributed by atoms with van der Waals surface area (Å²) in [7, 11) is 0. The predicted molar refractivity (Wildman–Crippen MR) is 105 cm³/mol. The number of nitrogens with zero attached hydrogens (tertiary/aromatic N) is 4. The maximum atomic E-state index is 12.6. The fraction of sp³-hybridized carbons (Fsp3) is 0.400. The first-order valence-electron chi connectivity index (χ1n) is 9.44. The Morgan fingerprint density at radius 2 is 1.71 bits per heavy atom. The summed E-state index contributed by atoms with van der Waals surface area (Å²) in [5.74, 6) is 0.429. The summed E-state index contributed by atoms with van der Waals surface area (Å²) in [6.45, 7) is 5.96. The van der Waals surface area contributed by atoms with Crippen LogP contribution in [-0.2, 0) is 4.74 Å². The number of rotatable bonds is 5. The Morgan fingerprint density at radius 1 is 1.04 bits per heavy atom. The summed E-state index contributed by atoms with van der Waals surface area (Å²) < 4.78 is 4.99. The van der Waals surface area contributed by atoms with E-state index in [0.29, 0.717) is 44.3 Å². The highest BCUT2D eigenvalue weighted by Crippen LogP contribution is 2.17. The van der Waals surface area contributed by atoms with Crippen LogP contribution in [0.1, 0.15) is 35.9 Å². The standard InChI is InChI=1S/C20H25N5O3/c1-3-28-20(27)25-13-11-24(12-14-25)19(26)17-9-10-18(23-22-17)21-15(2)16-7-5-4-6-8-16/h4-10,15H,3,11-14H2,1-2H3,(H,21,23). The van der Waals surface area contributed by atoms with E-state index in [1.807, 2.05) is 37.3 Å². The lowest BCUT2D eigenvalue weighted by molar-refractivity contribution is 0.0565. The van der Waals surface area contributed by atoms with Crippen LogP contribution in [0.4, 0.5) is 10.6 Å². The zero-order valence-electron chi connectivity index (χ0n) is 16.2. The first-order chi connectivity index (χ1) is 13.6. The normalized spacial score (nSPS) is 15.1. The zero-order valence-corrected chi connectivity index (χ0v) is 16.2. The van der Waals surface area contributed by atoms with E-state index in [0.717, 1.165) is 5.56 Å². The van der Waals surface area contributed by atoms with E-state index in [2.05, 4.69) is 15.5 Å². The van der Waals surface area contributed by atoms with E-state index >= 15 is 0 Å². The van der Waals surface area contributed by atoms with Crippen molar-refractivity contribution in [3.63, 3.8) is 0 Å². The molecule has 8 heteroatoms. The number of carbonyl (C=O) groups excluding carboxylic acids is 2. The molecule has 1 saturated heterocycles. The molecule has 1 aliphatic heterocycles. The lowest BCUT2D eigenvalue weighted by Crippen LogP contribution is -2.50. The van der Waals surface area contributed by atoms with Gasteiger partial charge < -0.3 is 19.9 Å². The number of amides is 2. The molecule has 3 rings (SSSR count). The molecule has 1 fully saturated rings. The average molecular weight is 383 g/mol. The number of piperazine rings is 1. The Balaban J connectivity index is 1.55. The van der Waals surface area contributed by atoms with Gasteiger partial charge in [0.15, 0.2) is 5.69 Å². The third kappa shape index (κ3) is 4.76. The molecule has 148 valence electrons. The molecule has 0 radical (unpaired) electrons. The molecular weight excluding hydrogens is 358 g/mol. The van der Waals surface area contributed by atoms with Crippen molar-refractivity contribution < 1.29 is 14.3 Å². The molecule has 2 aromatic rings. The summed E-state index contributed by atoms with van der Waals surface area (Å²) in [5, 5.41) is 11.5. The number of anilines is 1. The lowest BCUT2D eigenvalue weighted by Gasteiger charge is -2.33. The average Bonchev–Trinajstić information content (AvgIpc) is 2.74. The molecule has 1 aromatic heterocycles. The van der Waals surface area contributed by atoms with Crippen molar-refractivity contribution in [2.24, 2.45) is 0 Å². The highest BCUT2D eigenvalue weighted by Gasteiger charge is 2.26. The van der Waals surface area contributed by atoms with Gasteiger partial charge in [0.25, 0.3) is 5.91 Å². The molecule has 2 heterocycles. The first kappa shape index (κ1) is 19.6. The fourth-order valence-electron chi connectivity index (χ4n) is 3.04. The SMILES string of the molecule is CCOC(=O)N1CCN(C(=O)c2ccc(NC(C)c3ccccc3)nn2)CC1. The number of carbonyl (C=O) groups is 2. The summed E-state index contributed by atoms with van der Waals surface area (Å²) >= 11 is 0. The molecule has 28 heavy (non-hydrogen) atoms. The van der Waals surface area contributed by atoms with Crippen molar-refractivity contribution in [3.05, 3.63) is 53.7 Å². The minimum absolute atomic E-state index is 0.0769. The van der Waals surface area contributed by atoms with Gasteiger partial charge in [-0.25, -0.2) is 4.79 Å². The molecule has 0 bridgehead atoms. The van der Waals surface area contributed by atoms with Gasteiger partial charge in [-0.05, 0) is 31.5 Å². The minimum Gasteiger partial charge on any atom is -0.450 e. The van der Waals surface area contributed by atoms with E-state index in [1.54, 1.807) is 28.9 Å². The van der Waals surface area contributed by atoms with Gasteiger partial charge in [-0.2, -0.15) is 0 Å². The van der Waals surface area contributed by atoms with Crippen molar-refractivity contribution >= 4 is 17.8 Å². The van der Waals surface area contributed by atoms with Crippen molar-refractivity contribution in [2.45, 2.75) is 19.9 Å². The summed E-state index contributed by atoms with van der Waals surface area (Å²) in [5.41, 5.74) is 1.44. The van der Waals surface area contributed by atoms with Gasteiger partial charge in [0.1, 0.15) is 5.82 Å². The number of nitrogens with one attached hydrogen (secondary N) is 1. The highest BCUT2D eigenvalue weighted by atomic mass is 16.6. The van der Waals surface area contributed by atoms with Crippen LogP contribution in [0.2, 0.25) is 0 Å². The summed E-state index contributed by atoms with van der Waals surface area (Å²) in [6, 6.07) is 13.5. The Morgan fingerprint density at radius 3 is 2.32 bits per heavy atom. The maximum Gasteiger partial charge on any atom is 0.409 e. The third-order valence-corrected chi connectivity index (χ3v) is 4.64. The Labute approximate surface area is 164 Å². The van der Waals surface area contributed by atoms with Crippen LogP contribution < -0.4 is 5.32 Å². The van der Waals surface area contributed by atoms with E-state index < -0.39 is 0 Å². The molecule has 8 nitrogen and oxygen atoms in total. The number of aromatic nitrogens is 2. The Hall–Kier alpha value is -3.16. The second-order valence-electron chi connectivity index (χ2n) is 6.56. The molecule has 1 N–H and O–H groups in total. The van der Waals surface area contributed by atoms with Crippen LogP contribution >= 0.6 is 0 Å². The molecule has 1 atom stereocenters. The maximum absolute atomic E-state index is 12.6. The van der Waals surface area contributed by atoms with Crippen LogP contribution in [0.3, 0.4) is 0 Å². The molecule has 1 aliphatic rings. The van der Waals surface area contributed by atoms with E-state index in [-0.39, 0.29) is 18.0 Å². The van der Waals surface area contributed by atoms with Gasteiger partial charge in [0, 0.05) is 32.2 Å². The second kappa shape index (κ2) is 9.16. The fourth-order valence-corrected chi connectivity index (χ4v) is 3.04. The monoisotopic (exact) mass is 383 g/mol. The molecular formula is C20H25N5O3. The van der Waals surface area contributed by atoms with Crippen LogP contribution in [0.25, 0.3) is 0 Å². The largest absolute Gasteiger partial charge is 0.450 e. The number of hydrogen-bond donors (Lipinski definition) is 1. The number of benzene rings is 1. The van der Waals surface area contributed by atoms with Gasteiger partial charge in [0.2, 0.25) is 0 Å². The van der Waals surface area contributed by atoms with Gasteiger partial charge >= 0.3 is 6.09 Å². The molecule has 2 amide bonds. The second-order valence-corrected chi connectivity index (χ2v) is 6.56. The van der Waals surface area contributed by atoms with E-state index in [4.69, 9.17) is 4.74 Å². The van der Waals surface area contributed by atoms with Gasteiger partial charge in [0.05, 0.1) is 6.61 Å². The first-order valence-corrected chi connectivity index (χ1v) is 9.44. The van der Waals surface area contributed by atoms with Gasteiger partial charge in [-0.3, -0.25) is 4.79 Å². The Kier molecular flexibility index (Phi) is 6.41. The third-order valence-electron chi connectivity index (χ3n) is 4.64. The smallest absolute Gasteiger partial charge is 0.409 e. The van der Waals surface area contributed by atoms with Crippen LogP contribution in [0.5, 0.6) is 0 Å². The van der Waals surface area contributed by atoms with Gasteiger partial charge in [-0.1, -0.05) is 30.3 Å². The minimum atomic E-state index is -0.336. The van der Waals surface area contributed by atoms with Crippen LogP contribution in [-0.4, -0.2) is 64.8 Å². The van der Waals surface area contributed by atoms with E-state index in [9.17, 15) is 9.59 Å². The molecule has 0 aliphatic carbocycles. The molecule has 0 spiro atoms. The van der Waals surface area contributed by atoms with Crippen molar-refractivity contribution in [2.75, 3.05) is 38.1 Å². The summed E-state index contributed by atoms with van der Waals surface area (Å²) in [6.07, 6.45) is -0.336.